The van der Waals surface area contributed by atoms with E-state index in [1.54, 1.807) is 11.8 Å². The van der Waals surface area contributed by atoms with E-state index in [-0.39, 0.29) is 17.8 Å². The number of rotatable bonds is 5. The summed E-state index contributed by atoms with van der Waals surface area (Å²) in [6.45, 7) is 4.03. The van der Waals surface area contributed by atoms with Gasteiger partial charge in [0.1, 0.15) is 6.04 Å². The van der Waals surface area contributed by atoms with Gasteiger partial charge in [0.15, 0.2) is 0 Å². The third kappa shape index (κ3) is 3.79. The Morgan fingerprint density at radius 2 is 2.10 bits per heavy atom. The maximum atomic E-state index is 12.5. The van der Waals surface area contributed by atoms with Crippen LogP contribution < -0.4 is 5.32 Å². The first-order valence-electron chi connectivity index (χ1n) is 7.12. The highest BCUT2D eigenvalue weighted by atomic mass is 32.2. The Labute approximate surface area is 129 Å². The lowest BCUT2D eigenvalue weighted by molar-refractivity contribution is -0.145. The molecule has 5 heteroatoms. The largest absolute Gasteiger partial charge is 0.467 e. The van der Waals surface area contributed by atoms with Gasteiger partial charge in [0.2, 0.25) is 5.91 Å². The van der Waals surface area contributed by atoms with Crippen LogP contribution in [-0.4, -0.2) is 30.8 Å². The molecule has 0 aromatic heterocycles. The van der Waals surface area contributed by atoms with Crippen LogP contribution in [0.25, 0.3) is 0 Å². The van der Waals surface area contributed by atoms with E-state index < -0.39 is 6.04 Å². The fourth-order valence-corrected chi connectivity index (χ4v) is 3.71. The fourth-order valence-electron chi connectivity index (χ4n) is 2.48. The minimum Gasteiger partial charge on any atom is -0.467 e. The number of esters is 1. The summed E-state index contributed by atoms with van der Waals surface area (Å²) in [5.41, 5.74) is 1.05. The molecule has 1 aromatic rings. The summed E-state index contributed by atoms with van der Waals surface area (Å²) in [6.07, 6.45) is 0.583. The first-order valence-corrected chi connectivity index (χ1v) is 8.11. The second kappa shape index (κ2) is 6.98. The van der Waals surface area contributed by atoms with Gasteiger partial charge < -0.3 is 10.1 Å². The van der Waals surface area contributed by atoms with Gasteiger partial charge in [-0.1, -0.05) is 32.0 Å². The zero-order chi connectivity index (χ0) is 15.4. The summed E-state index contributed by atoms with van der Waals surface area (Å²) < 4.78 is 4.79. The Hall–Kier alpha value is -1.49. The van der Waals surface area contributed by atoms with Gasteiger partial charge in [0, 0.05) is 10.6 Å². The minimum atomic E-state index is -0.569. The predicted molar refractivity (Wildman–Crippen MR) is 83.3 cm³/mol. The Balaban J connectivity index is 2.08. The molecule has 0 spiro atoms. The summed E-state index contributed by atoms with van der Waals surface area (Å²) in [5, 5.41) is 2.86. The van der Waals surface area contributed by atoms with E-state index in [4.69, 9.17) is 4.74 Å². The number of carbonyl (C=O) groups excluding carboxylic acids is 2. The molecule has 1 aliphatic rings. The monoisotopic (exact) mass is 307 g/mol. The maximum Gasteiger partial charge on any atom is 0.328 e. The van der Waals surface area contributed by atoms with Crippen molar-refractivity contribution < 1.29 is 14.3 Å². The van der Waals surface area contributed by atoms with Gasteiger partial charge in [-0.25, -0.2) is 4.79 Å². The molecule has 4 nitrogen and oxygen atoms in total. The van der Waals surface area contributed by atoms with Gasteiger partial charge in [0.25, 0.3) is 0 Å². The molecule has 0 aliphatic carbocycles. The van der Waals surface area contributed by atoms with Gasteiger partial charge >= 0.3 is 5.97 Å². The normalized spacial score (nSPS) is 18.2. The third-order valence-corrected chi connectivity index (χ3v) is 4.71. The number of hydrogen-bond acceptors (Lipinski definition) is 4. The standard InChI is InChI=1S/C16H21NO3S/c1-10(2)8-13(16(19)20-3)17-15(18)12-9-21-14-7-5-4-6-11(12)14/h4-7,10,12-13H,8-9H2,1-3H3,(H,17,18). The summed E-state index contributed by atoms with van der Waals surface area (Å²) in [4.78, 5) is 25.4. The van der Waals surface area contributed by atoms with Crippen LogP contribution in [0.15, 0.2) is 29.2 Å². The lowest BCUT2D eigenvalue weighted by Gasteiger charge is -2.20. The van der Waals surface area contributed by atoms with Crippen molar-refractivity contribution in [2.24, 2.45) is 5.92 Å². The Morgan fingerprint density at radius 3 is 2.76 bits per heavy atom. The third-order valence-electron chi connectivity index (χ3n) is 3.53. The van der Waals surface area contributed by atoms with E-state index in [9.17, 15) is 9.59 Å². The number of amides is 1. The molecular formula is C16H21NO3S. The van der Waals surface area contributed by atoms with Crippen LogP contribution in [0.1, 0.15) is 31.7 Å². The summed E-state index contributed by atoms with van der Waals surface area (Å²) in [6, 6.07) is 7.35. The van der Waals surface area contributed by atoms with E-state index in [1.807, 2.05) is 38.1 Å². The molecule has 0 saturated heterocycles. The van der Waals surface area contributed by atoms with Crippen LogP contribution in [0.5, 0.6) is 0 Å². The Bertz CT molecular complexity index is 530. The molecule has 21 heavy (non-hydrogen) atoms. The zero-order valence-corrected chi connectivity index (χ0v) is 13.4. The molecular weight excluding hydrogens is 286 g/mol. The van der Waals surface area contributed by atoms with Crippen LogP contribution in [0, 0.1) is 5.92 Å². The molecule has 0 bridgehead atoms. The molecule has 2 rings (SSSR count). The summed E-state index contributed by atoms with van der Waals surface area (Å²) >= 11 is 1.68. The lowest BCUT2D eigenvalue weighted by Crippen LogP contribution is -2.44. The molecule has 1 amide bonds. The molecule has 0 radical (unpaired) electrons. The fraction of sp³-hybridized carbons (Fsp3) is 0.500. The molecule has 114 valence electrons. The quantitative estimate of drug-likeness (QED) is 0.850. The van der Waals surface area contributed by atoms with E-state index >= 15 is 0 Å². The van der Waals surface area contributed by atoms with Crippen molar-refractivity contribution in [2.75, 3.05) is 12.9 Å². The number of methoxy groups -OCH3 is 1. The summed E-state index contributed by atoms with van der Waals surface area (Å²) in [5.74, 6) is 0.366. The second-order valence-corrected chi connectivity index (χ2v) is 6.68. The van der Waals surface area contributed by atoms with Gasteiger partial charge in [-0.05, 0) is 24.0 Å². The molecule has 1 heterocycles. The predicted octanol–water partition coefficient (Wildman–Crippen LogP) is 2.58. The smallest absolute Gasteiger partial charge is 0.328 e. The highest BCUT2D eigenvalue weighted by Gasteiger charge is 2.32. The number of fused-ring (bicyclic) bond motifs is 1. The lowest BCUT2D eigenvalue weighted by atomic mass is 9.98. The van der Waals surface area contributed by atoms with Crippen LogP contribution in [0.3, 0.4) is 0 Å². The van der Waals surface area contributed by atoms with Crippen LogP contribution >= 0.6 is 11.8 Å². The molecule has 1 N–H and O–H groups in total. The first kappa shape index (κ1) is 15.9. The maximum absolute atomic E-state index is 12.5. The number of nitrogens with one attached hydrogen (secondary N) is 1. The zero-order valence-electron chi connectivity index (χ0n) is 12.6. The van der Waals surface area contributed by atoms with E-state index in [2.05, 4.69) is 5.32 Å². The van der Waals surface area contributed by atoms with E-state index in [1.165, 1.54) is 7.11 Å². The van der Waals surface area contributed by atoms with Crippen molar-refractivity contribution in [3.05, 3.63) is 29.8 Å². The topological polar surface area (TPSA) is 55.4 Å². The van der Waals surface area contributed by atoms with Crippen molar-refractivity contribution in [3.63, 3.8) is 0 Å². The highest BCUT2D eigenvalue weighted by Crippen LogP contribution is 2.39. The number of carbonyl (C=O) groups is 2. The van der Waals surface area contributed by atoms with Crippen molar-refractivity contribution in [2.45, 2.75) is 37.1 Å². The van der Waals surface area contributed by atoms with E-state index in [0.717, 1.165) is 16.2 Å². The SMILES string of the molecule is COC(=O)C(CC(C)C)NC(=O)C1CSc2ccccc21. The first-order chi connectivity index (χ1) is 10.0. The number of thioether (sulfide) groups is 1. The second-order valence-electron chi connectivity index (χ2n) is 5.62. The minimum absolute atomic E-state index is 0.0940. The summed E-state index contributed by atoms with van der Waals surface area (Å²) in [7, 11) is 1.35. The van der Waals surface area contributed by atoms with Crippen molar-refractivity contribution in [3.8, 4) is 0 Å². The van der Waals surface area contributed by atoms with Crippen molar-refractivity contribution in [1.82, 2.24) is 5.32 Å². The number of benzene rings is 1. The van der Waals surface area contributed by atoms with E-state index in [0.29, 0.717) is 12.3 Å². The van der Waals surface area contributed by atoms with Crippen LogP contribution in [-0.2, 0) is 14.3 Å². The molecule has 1 aliphatic heterocycles. The molecule has 1 aromatic carbocycles. The van der Waals surface area contributed by atoms with Gasteiger partial charge in [-0.3, -0.25) is 4.79 Å². The van der Waals surface area contributed by atoms with Crippen LogP contribution in [0.4, 0.5) is 0 Å². The Morgan fingerprint density at radius 1 is 1.38 bits per heavy atom. The molecule has 2 unspecified atom stereocenters. The average molecular weight is 307 g/mol. The van der Waals surface area contributed by atoms with Crippen LogP contribution in [0.2, 0.25) is 0 Å². The highest BCUT2D eigenvalue weighted by molar-refractivity contribution is 7.99. The van der Waals surface area contributed by atoms with Crippen molar-refractivity contribution >= 4 is 23.6 Å². The molecule has 0 fully saturated rings. The molecule has 2 atom stereocenters. The number of ether oxygens (including phenoxy) is 1. The van der Waals surface area contributed by atoms with Gasteiger partial charge in [-0.15, -0.1) is 11.8 Å². The Kier molecular flexibility index (Phi) is 5.28. The van der Waals surface area contributed by atoms with Gasteiger partial charge in [-0.2, -0.15) is 0 Å². The average Bonchev–Trinajstić information content (AvgIpc) is 2.89. The molecule has 0 saturated carbocycles. The van der Waals surface area contributed by atoms with Crippen molar-refractivity contribution in [1.29, 1.82) is 0 Å². The van der Waals surface area contributed by atoms with Gasteiger partial charge in [0.05, 0.1) is 13.0 Å². The number of hydrogen-bond donors (Lipinski definition) is 1.